The van der Waals surface area contributed by atoms with Gasteiger partial charge in [-0.05, 0) is 126 Å². The summed E-state index contributed by atoms with van der Waals surface area (Å²) in [4.78, 5) is 4.76. The Hall–Kier alpha value is -8.72. The maximum Gasteiger partial charge on any atom is 0.0540 e. The first-order valence-electron chi connectivity index (χ1n) is 22.7. The Bertz CT molecular complexity index is 3430. The molecule has 0 aliphatic carbocycles. The Balaban J connectivity index is 0.804. The summed E-state index contributed by atoms with van der Waals surface area (Å²) in [5.74, 6) is 0. The molecule has 66 heavy (non-hydrogen) atoms. The highest BCUT2D eigenvalue weighted by molar-refractivity contribution is 6.02. The van der Waals surface area contributed by atoms with Gasteiger partial charge in [0.15, 0.2) is 0 Å². The van der Waals surface area contributed by atoms with Crippen LogP contribution in [0.4, 0.5) is 34.1 Å². The van der Waals surface area contributed by atoms with Gasteiger partial charge >= 0.3 is 0 Å². The number of nitrogens with zero attached hydrogens (tertiary/aromatic N) is 2. The van der Waals surface area contributed by atoms with Gasteiger partial charge in [0.2, 0.25) is 0 Å². The van der Waals surface area contributed by atoms with Crippen molar-refractivity contribution in [3.63, 3.8) is 0 Å². The highest BCUT2D eigenvalue weighted by Crippen LogP contribution is 2.42. The van der Waals surface area contributed by atoms with Gasteiger partial charge in [0.25, 0.3) is 0 Å². The van der Waals surface area contributed by atoms with Crippen molar-refractivity contribution in [3.8, 4) is 33.4 Å². The Labute approximate surface area is 385 Å². The molecule has 0 heterocycles. The van der Waals surface area contributed by atoms with E-state index in [1.807, 2.05) is 0 Å². The zero-order valence-corrected chi connectivity index (χ0v) is 36.3. The van der Waals surface area contributed by atoms with Crippen molar-refractivity contribution in [2.75, 3.05) is 9.80 Å². The highest BCUT2D eigenvalue weighted by atomic mass is 15.1. The van der Waals surface area contributed by atoms with Crippen LogP contribution in [0.1, 0.15) is 0 Å². The fourth-order valence-corrected chi connectivity index (χ4v) is 9.61. The maximum absolute atomic E-state index is 2.38. The predicted octanol–water partition coefficient (Wildman–Crippen LogP) is 18.2. The minimum atomic E-state index is 1.11. The molecule has 0 bridgehead atoms. The average Bonchev–Trinajstić information content (AvgIpc) is 3.39. The molecule has 0 aliphatic rings. The first-order chi connectivity index (χ1) is 32.7. The fourth-order valence-electron chi connectivity index (χ4n) is 9.61. The third kappa shape index (κ3) is 7.31. The first-order valence-corrected chi connectivity index (χ1v) is 22.7. The Morgan fingerprint density at radius 3 is 0.818 bits per heavy atom. The summed E-state index contributed by atoms with van der Waals surface area (Å²) in [6.45, 7) is 0. The summed E-state index contributed by atoms with van der Waals surface area (Å²) >= 11 is 0. The molecule has 0 spiro atoms. The van der Waals surface area contributed by atoms with Crippen LogP contribution in [0.2, 0.25) is 0 Å². The van der Waals surface area contributed by atoms with Gasteiger partial charge < -0.3 is 9.80 Å². The maximum atomic E-state index is 2.38. The minimum Gasteiger partial charge on any atom is -0.310 e. The van der Waals surface area contributed by atoms with E-state index in [9.17, 15) is 0 Å². The second kappa shape index (κ2) is 16.8. The van der Waals surface area contributed by atoms with Crippen molar-refractivity contribution in [3.05, 3.63) is 267 Å². The van der Waals surface area contributed by atoms with Gasteiger partial charge in [0, 0.05) is 33.5 Å². The van der Waals surface area contributed by atoms with Crippen LogP contribution < -0.4 is 9.80 Å². The van der Waals surface area contributed by atoms with E-state index in [-0.39, 0.29) is 0 Å². The van der Waals surface area contributed by atoms with E-state index < -0.39 is 0 Å². The van der Waals surface area contributed by atoms with Gasteiger partial charge in [-0.15, -0.1) is 0 Å². The van der Waals surface area contributed by atoms with Crippen LogP contribution in [-0.4, -0.2) is 0 Å². The molecule has 0 saturated carbocycles. The number of benzene rings is 12. The standard InChI is InChI=1S/C64H44N2/c1-3-15-55-43-59(41-35-45(55)11-1)65(63-21-9-17-53-13-5-7-19-61(53)63)57-37-31-51(32-38-57)49-27-23-47(24-28-49)48-25-29-50(30-26-48)52-33-39-58(40-34-52)66(60-42-36-46-12-2-4-16-56(46)44-60)64-22-10-18-54-14-6-8-20-62(54)64/h1-44H. The van der Waals surface area contributed by atoms with Gasteiger partial charge in [-0.1, -0.05) is 206 Å². The Morgan fingerprint density at radius 1 is 0.182 bits per heavy atom. The predicted molar refractivity (Wildman–Crippen MR) is 282 cm³/mol. The normalized spacial score (nSPS) is 11.3. The molecular formula is C64H44N2. The number of anilines is 6. The molecule has 12 rings (SSSR count). The lowest BCUT2D eigenvalue weighted by molar-refractivity contribution is 1.30. The van der Waals surface area contributed by atoms with E-state index in [2.05, 4.69) is 277 Å². The topological polar surface area (TPSA) is 6.48 Å². The van der Waals surface area contributed by atoms with Crippen molar-refractivity contribution in [2.24, 2.45) is 0 Å². The molecule has 0 unspecified atom stereocenters. The molecule has 0 amide bonds. The second-order valence-corrected chi connectivity index (χ2v) is 17.0. The summed E-state index contributed by atoms with van der Waals surface area (Å²) in [5.41, 5.74) is 13.9. The van der Waals surface area contributed by atoms with Gasteiger partial charge in [-0.2, -0.15) is 0 Å². The molecule has 310 valence electrons. The zero-order valence-electron chi connectivity index (χ0n) is 36.3. The van der Waals surface area contributed by atoms with E-state index in [4.69, 9.17) is 0 Å². The van der Waals surface area contributed by atoms with E-state index >= 15 is 0 Å². The SMILES string of the molecule is c1ccc2cc(N(c3ccc(-c4ccc(-c5ccc(-c6ccc(N(c7ccc8ccccc8c7)c7cccc8ccccc78)cc6)cc5)cc4)cc3)c3cccc4ccccc34)ccc2c1. The zero-order chi connectivity index (χ0) is 43.8. The minimum absolute atomic E-state index is 1.11. The van der Waals surface area contributed by atoms with Crippen molar-refractivity contribution in [2.45, 2.75) is 0 Å². The lowest BCUT2D eigenvalue weighted by atomic mass is 9.97. The molecule has 2 nitrogen and oxygen atoms in total. The lowest BCUT2D eigenvalue weighted by Crippen LogP contribution is -2.10. The second-order valence-electron chi connectivity index (χ2n) is 17.0. The van der Waals surface area contributed by atoms with Crippen LogP contribution in [0.5, 0.6) is 0 Å². The molecule has 0 atom stereocenters. The smallest absolute Gasteiger partial charge is 0.0540 e. The highest BCUT2D eigenvalue weighted by Gasteiger charge is 2.18. The van der Waals surface area contributed by atoms with Crippen molar-refractivity contribution in [1.82, 2.24) is 0 Å². The molecule has 0 radical (unpaired) electrons. The molecule has 2 heteroatoms. The summed E-state index contributed by atoms with van der Waals surface area (Å²) in [7, 11) is 0. The van der Waals surface area contributed by atoms with Crippen LogP contribution >= 0.6 is 0 Å². The third-order valence-electron chi connectivity index (χ3n) is 13.0. The number of hydrogen-bond acceptors (Lipinski definition) is 2. The summed E-state index contributed by atoms with van der Waals surface area (Å²) < 4.78 is 0. The van der Waals surface area contributed by atoms with E-state index in [0.717, 1.165) is 34.1 Å². The summed E-state index contributed by atoms with van der Waals surface area (Å²) in [6.07, 6.45) is 0. The first kappa shape index (κ1) is 38.9. The van der Waals surface area contributed by atoms with E-state index in [1.165, 1.54) is 76.5 Å². The van der Waals surface area contributed by atoms with Crippen molar-refractivity contribution in [1.29, 1.82) is 0 Å². The molecule has 0 aliphatic heterocycles. The van der Waals surface area contributed by atoms with Crippen LogP contribution in [0.3, 0.4) is 0 Å². The third-order valence-corrected chi connectivity index (χ3v) is 13.0. The molecular weight excluding hydrogens is 797 g/mol. The molecule has 0 fully saturated rings. The summed E-state index contributed by atoms with van der Waals surface area (Å²) in [5, 5.41) is 9.79. The number of rotatable bonds is 9. The van der Waals surface area contributed by atoms with Gasteiger partial charge in [-0.3, -0.25) is 0 Å². The quantitative estimate of drug-likeness (QED) is 0.143. The van der Waals surface area contributed by atoms with Gasteiger partial charge in [0.05, 0.1) is 11.4 Å². The Kier molecular flexibility index (Phi) is 9.89. The average molecular weight is 841 g/mol. The van der Waals surface area contributed by atoms with E-state index in [0.29, 0.717) is 0 Å². The van der Waals surface area contributed by atoms with Crippen molar-refractivity contribution >= 4 is 77.2 Å². The molecule has 12 aromatic carbocycles. The molecule has 0 N–H and O–H groups in total. The summed E-state index contributed by atoms with van der Waals surface area (Å²) in [6, 6.07) is 96.9. The van der Waals surface area contributed by atoms with Crippen LogP contribution in [0.25, 0.3) is 76.5 Å². The van der Waals surface area contributed by atoms with E-state index in [1.54, 1.807) is 0 Å². The number of hydrogen-bond donors (Lipinski definition) is 0. The monoisotopic (exact) mass is 840 g/mol. The van der Waals surface area contributed by atoms with Crippen LogP contribution in [-0.2, 0) is 0 Å². The van der Waals surface area contributed by atoms with Crippen molar-refractivity contribution < 1.29 is 0 Å². The fraction of sp³-hybridized carbons (Fsp3) is 0. The lowest BCUT2D eigenvalue weighted by Gasteiger charge is -2.27. The Morgan fingerprint density at radius 2 is 0.455 bits per heavy atom. The van der Waals surface area contributed by atoms with Gasteiger partial charge in [0.1, 0.15) is 0 Å². The van der Waals surface area contributed by atoms with Crippen LogP contribution in [0, 0.1) is 0 Å². The molecule has 0 saturated heterocycles. The number of fused-ring (bicyclic) bond motifs is 4. The molecule has 12 aromatic rings. The largest absolute Gasteiger partial charge is 0.310 e. The van der Waals surface area contributed by atoms with Crippen LogP contribution in [0.15, 0.2) is 267 Å². The van der Waals surface area contributed by atoms with Gasteiger partial charge in [-0.25, -0.2) is 0 Å². The molecule has 0 aromatic heterocycles.